The highest BCUT2D eigenvalue weighted by Gasteiger charge is 2.72. The van der Waals surface area contributed by atoms with Gasteiger partial charge >= 0.3 is 0 Å². The summed E-state index contributed by atoms with van der Waals surface area (Å²) in [6.07, 6.45) is 11.6. The molecule has 0 amide bonds. The summed E-state index contributed by atoms with van der Waals surface area (Å²) in [6.45, 7) is 8.21. The molecule has 5 aliphatic rings. The fourth-order valence-corrected chi connectivity index (χ4v) is 9.51. The largest absolute Gasteiger partial charge is 0.508 e. The van der Waals surface area contributed by atoms with Crippen molar-refractivity contribution in [1.29, 1.82) is 0 Å². The second-order valence-electron chi connectivity index (χ2n) is 14.5. The standard InChI is InChI=1S/C36H42O7/c1-18(2)28-30(39)26(19(3)37)32(41)36(43)33(42)29-31(40)27-24(16-34(29,4)17-35(28,36)5)23(12-13-25(27)38)22-11-10-21(15-22)14-20-8-6-7-9-20/h10-13,18,20,28,38,40-41,43H,6-9,14-17H2,1-5H3/t28?,34-,35-,36+/m1/s1. The van der Waals surface area contributed by atoms with Crippen molar-refractivity contribution in [2.75, 3.05) is 0 Å². The number of carbonyl (C=O) groups excluding carboxylic acids is 3. The number of carbonyl (C=O) groups is 3. The molecule has 43 heavy (non-hydrogen) atoms. The lowest BCUT2D eigenvalue weighted by Gasteiger charge is -2.59. The van der Waals surface area contributed by atoms with Gasteiger partial charge in [-0.05, 0) is 67.2 Å². The number of fused-ring (bicyclic) bond motifs is 3. The number of aromatic hydroxyl groups is 1. The van der Waals surface area contributed by atoms with Crippen molar-refractivity contribution in [2.45, 2.75) is 91.6 Å². The minimum absolute atomic E-state index is 0.0875. The Hall–Kier alpha value is -3.45. The summed E-state index contributed by atoms with van der Waals surface area (Å²) in [5.74, 6) is -4.38. The third kappa shape index (κ3) is 3.99. The van der Waals surface area contributed by atoms with E-state index in [4.69, 9.17) is 0 Å². The van der Waals surface area contributed by atoms with E-state index in [1.165, 1.54) is 37.3 Å². The zero-order valence-corrected chi connectivity index (χ0v) is 25.7. The van der Waals surface area contributed by atoms with Gasteiger partial charge in [0, 0.05) is 22.3 Å². The molecule has 7 heteroatoms. The van der Waals surface area contributed by atoms with E-state index in [9.17, 15) is 34.8 Å². The average molecular weight is 587 g/mol. The van der Waals surface area contributed by atoms with Gasteiger partial charge in [0.25, 0.3) is 0 Å². The van der Waals surface area contributed by atoms with E-state index in [1.54, 1.807) is 20.8 Å². The van der Waals surface area contributed by atoms with Crippen molar-refractivity contribution in [2.24, 2.45) is 28.6 Å². The first-order valence-electron chi connectivity index (χ1n) is 15.6. The Balaban J connectivity index is 1.48. The second-order valence-corrected chi connectivity index (χ2v) is 14.5. The maximum atomic E-state index is 14.5. The number of aliphatic hydroxyl groups excluding tert-OH is 2. The number of hydrogen-bond acceptors (Lipinski definition) is 7. The van der Waals surface area contributed by atoms with Crippen LogP contribution in [0.25, 0.3) is 11.3 Å². The van der Waals surface area contributed by atoms with E-state index in [0.29, 0.717) is 0 Å². The molecule has 2 saturated carbocycles. The molecule has 7 nitrogen and oxygen atoms in total. The van der Waals surface area contributed by atoms with Crippen LogP contribution in [0.5, 0.6) is 5.75 Å². The molecule has 0 spiro atoms. The van der Waals surface area contributed by atoms with Crippen LogP contribution in [0.4, 0.5) is 0 Å². The number of allylic oxidation sites excluding steroid dienone is 5. The first-order chi connectivity index (χ1) is 20.2. The van der Waals surface area contributed by atoms with Gasteiger partial charge in [-0.3, -0.25) is 14.4 Å². The van der Waals surface area contributed by atoms with Crippen molar-refractivity contribution < 1.29 is 34.8 Å². The molecule has 0 bridgehead atoms. The number of benzene rings is 1. The number of phenols is 1. The van der Waals surface area contributed by atoms with Crippen LogP contribution in [0.15, 0.2) is 46.8 Å². The molecule has 6 rings (SSSR count). The summed E-state index contributed by atoms with van der Waals surface area (Å²) in [5.41, 5.74) is -1.51. The normalized spacial score (nSPS) is 32.6. The molecule has 0 aliphatic heterocycles. The topological polar surface area (TPSA) is 132 Å². The Labute approximate surface area is 252 Å². The molecule has 5 aliphatic carbocycles. The highest BCUT2D eigenvalue weighted by molar-refractivity contribution is 6.24. The van der Waals surface area contributed by atoms with E-state index >= 15 is 0 Å². The van der Waals surface area contributed by atoms with Gasteiger partial charge in [0.2, 0.25) is 5.78 Å². The number of rotatable bonds is 5. The zero-order chi connectivity index (χ0) is 31.2. The molecule has 1 aromatic carbocycles. The molecular weight excluding hydrogens is 544 g/mol. The number of Topliss-reactive ketones (excluding diaryl/α,β-unsaturated/α-hetero) is 3. The molecule has 228 valence electrons. The maximum absolute atomic E-state index is 14.5. The predicted octanol–water partition coefficient (Wildman–Crippen LogP) is 6.48. The van der Waals surface area contributed by atoms with Gasteiger partial charge < -0.3 is 20.4 Å². The van der Waals surface area contributed by atoms with Crippen LogP contribution >= 0.6 is 0 Å². The number of hydrogen-bond donors (Lipinski definition) is 4. The SMILES string of the molecule is CC(=O)C1=C(O)[C@]2(O)C(=O)C3=C(O)c4c(O)ccc(C5=CC=C(CC6CCCC6)C5)c4C[C@]3(C)C[C@]2(C)C(C(C)C)C1=O. The Morgan fingerprint density at radius 1 is 1.05 bits per heavy atom. The minimum Gasteiger partial charge on any atom is -0.508 e. The van der Waals surface area contributed by atoms with Gasteiger partial charge in [0.1, 0.15) is 22.8 Å². The van der Waals surface area contributed by atoms with E-state index in [-0.39, 0.29) is 35.6 Å². The lowest BCUT2D eigenvalue weighted by Crippen LogP contribution is -2.69. The van der Waals surface area contributed by atoms with Crippen LogP contribution in [0.2, 0.25) is 0 Å². The average Bonchev–Trinajstić information content (AvgIpc) is 3.58. The van der Waals surface area contributed by atoms with E-state index in [2.05, 4.69) is 12.2 Å². The molecule has 4 atom stereocenters. The summed E-state index contributed by atoms with van der Waals surface area (Å²) in [7, 11) is 0. The third-order valence-electron chi connectivity index (χ3n) is 11.2. The highest BCUT2D eigenvalue weighted by atomic mass is 16.3. The van der Waals surface area contributed by atoms with Gasteiger partial charge in [-0.25, -0.2) is 0 Å². The van der Waals surface area contributed by atoms with Crippen LogP contribution in [0, 0.1) is 28.6 Å². The molecule has 0 heterocycles. The van der Waals surface area contributed by atoms with Crippen LogP contribution in [-0.4, -0.2) is 43.4 Å². The third-order valence-corrected chi connectivity index (χ3v) is 11.2. The molecule has 0 aromatic heterocycles. The van der Waals surface area contributed by atoms with Crippen molar-refractivity contribution in [3.8, 4) is 5.75 Å². The van der Waals surface area contributed by atoms with Crippen molar-refractivity contribution in [3.05, 3.63) is 63.5 Å². The lowest BCUT2D eigenvalue weighted by atomic mass is 9.43. The van der Waals surface area contributed by atoms with Crippen LogP contribution in [0.3, 0.4) is 0 Å². The van der Waals surface area contributed by atoms with Gasteiger partial charge in [-0.15, -0.1) is 0 Å². The first kappa shape index (κ1) is 29.6. The molecule has 4 N–H and O–H groups in total. The number of phenolic OH excluding ortho intramolecular Hbond substituents is 1. The lowest BCUT2D eigenvalue weighted by molar-refractivity contribution is -0.178. The summed E-state index contributed by atoms with van der Waals surface area (Å²) < 4.78 is 0. The molecule has 2 fully saturated rings. The molecule has 0 radical (unpaired) electrons. The summed E-state index contributed by atoms with van der Waals surface area (Å²) in [4.78, 5) is 40.7. The minimum atomic E-state index is -2.60. The maximum Gasteiger partial charge on any atom is 0.203 e. The predicted molar refractivity (Wildman–Crippen MR) is 163 cm³/mol. The highest BCUT2D eigenvalue weighted by Crippen LogP contribution is 2.65. The van der Waals surface area contributed by atoms with Gasteiger partial charge in [-0.1, -0.05) is 77.2 Å². The van der Waals surface area contributed by atoms with Gasteiger partial charge in [-0.2, -0.15) is 0 Å². The second kappa shape index (κ2) is 9.78. The summed E-state index contributed by atoms with van der Waals surface area (Å²) >= 11 is 0. The van der Waals surface area contributed by atoms with Crippen LogP contribution in [-0.2, 0) is 20.8 Å². The van der Waals surface area contributed by atoms with Gasteiger partial charge in [0.15, 0.2) is 17.2 Å². The summed E-state index contributed by atoms with van der Waals surface area (Å²) in [5, 5.41) is 46.3. The Bertz CT molecular complexity index is 1600. The van der Waals surface area contributed by atoms with E-state index in [0.717, 1.165) is 42.4 Å². The smallest absolute Gasteiger partial charge is 0.203 e. The van der Waals surface area contributed by atoms with Crippen molar-refractivity contribution in [1.82, 2.24) is 0 Å². The summed E-state index contributed by atoms with van der Waals surface area (Å²) in [6, 6.07) is 3.39. The quantitative estimate of drug-likeness (QED) is 0.290. The Morgan fingerprint density at radius 3 is 2.35 bits per heavy atom. The number of aliphatic hydroxyl groups is 3. The molecule has 0 saturated heterocycles. The Kier molecular flexibility index (Phi) is 6.74. The van der Waals surface area contributed by atoms with Crippen molar-refractivity contribution >= 4 is 28.7 Å². The van der Waals surface area contributed by atoms with Gasteiger partial charge in [0.05, 0.1) is 5.56 Å². The molecular formula is C36H42O7. The van der Waals surface area contributed by atoms with E-state index < -0.39 is 56.8 Å². The molecule has 1 unspecified atom stereocenters. The fourth-order valence-electron chi connectivity index (χ4n) is 9.51. The number of ketones is 3. The van der Waals surface area contributed by atoms with Crippen LogP contribution in [0.1, 0.15) is 96.3 Å². The molecule has 1 aromatic rings. The monoisotopic (exact) mass is 586 g/mol. The fraction of sp³-hybridized carbons (Fsp3) is 0.528. The van der Waals surface area contributed by atoms with E-state index in [1.807, 2.05) is 13.0 Å². The van der Waals surface area contributed by atoms with Crippen molar-refractivity contribution in [3.63, 3.8) is 0 Å². The first-order valence-corrected chi connectivity index (χ1v) is 15.6. The zero-order valence-electron chi connectivity index (χ0n) is 25.7. The Morgan fingerprint density at radius 2 is 1.72 bits per heavy atom. The van der Waals surface area contributed by atoms with Crippen LogP contribution < -0.4 is 0 Å².